The third kappa shape index (κ3) is 6.32. The minimum Gasteiger partial charge on any atom is -0.497 e. The number of rotatable bonds is 9. The minimum atomic E-state index is -0.787. The molecule has 35 heavy (non-hydrogen) atoms. The van der Waals surface area contributed by atoms with Crippen LogP contribution in [-0.4, -0.2) is 36.4 Å². The van der Waals surface area contributed by atoms with Crippen LogP contribution in [0.5, 0.6) is 5.75 Å². The van der Waals surface area contributed by atoms with Crippen LogP contribution in [0.15, 0.2) is 71.3 Å². The summed E-state index contributed by atoms with van der Waals surface area (Å²) in [6, 6.07) is 18.3. The molecule has 1 aromatic heterocycles. The summed E-state index contributed by atoms with van der Waals surface area (Å²) in [5.41, 5.74) is 3.01. The number of carbonyl (C=O) groups is 2. The van der Waals surface area contributed by atoms with Crippen molar-refractivity contribution in [3.63, 3.8) is 0 Å². The summed E-state index contributed by atoms with van der Waals surface area (Å²) in [7, 11) is 1.61. The predicted molar refractivity (Wildman–Crippen MR) is 135 cm³/mol. The fourth-order valence-corrected chi connectivity index (χ4v) is 4.79. The van der Waals surface area contributed by atoms with Crippen molar-refractivity contribution in [3.05, 3.63) is 89.4 Å². The quantitative estimate of drug-likeness (QED) is 0.446. The van der Waals surface area contributed by atoms with Crippen molar-refractivity contribution in [2.24, 2.45) is 0 Å². The molecule has 6 heteroatoms. The van der Waals surface area contributed by atoms with Crippen LogP contribution >= 0.6 is 0 Å². The lowest BCUT2D eigenvalue weighted by Gasteiger charge is -2.33. The van der Waals surface area contributed by atoms with Crippen molar-refractivity contribution >= 4 is 11.8 Å². The van der Waals surface area contributed by atoms with Crippen LogP contribution in [0.3, 0.4) is 0 Å². The zero-order valence-corrected chi connectivity index (χ0v) is 20.5. The average Bonchev–Trinajstić information content (AvgIpc) is 3.42. The number of hydrogen-bond acceptors (Lipinski definition) is 4. The van der Waals surface area contributed by atoms with Crippen molar-refractivity contribution in [2.75, 3.05) is 13.7 Å². The Labute approximate surface area is 207 Å². The lowest BCUT2D eigenvalue weighted by atomic mass is 9.94. The first kappa shape index (κ1) is 24.6. The molecule has 0 saturated heterocycles. The molecule has 0 radical (unpaired) electrons. The van der Waals surface area contributed by atoms with Gasteiger partial charge in [-0.1, -0.05) is 61.2 Å². The number of benzene rings is 2. The molecule has 0 bridgehead atoms. The second kappa shape index (κ2) is 11.7. The fraction of sp³-hybridized carbons (Fsp3) is 0.379. The van der Waals surface area contributed by atoms with E-state index < -0.39 is 6.04 Å². The maximum atomic E-state index is 13.8. The Morgan fingerprint density at radius 2 is 1.83 bits per heavy atom. The van der Waals surface area contributed by atoms with Crippen LogP contribution in [0.2, 0.25) is 0 Å². The van der Waals surface area contributed by atoms with E-state index in [1.54, 1.807) is 24.1 Å². The van der Waals surface area contributed by atoms with Gasteiger partial charge in [0.1, 0.15) is 11.8 Å². The molecule has 2 amide bonds. The summed E-state index contributed by atoms with van der Waals surface area (Å²) < 4.78 is 10.8. The van der Waals surface area contributed by atoms with Crippen molar-refractivity contribution in [2.45, 2.75) is 57.5 Å². The molecule has 184 valence electrons. The van der Waals surface area contributed by atoms with Crippen LogP contribution in [0.25, 0.3) is 0 Å². The number of methoxy groups -OCH3 is 1. The van der Waals surface area contributed by atoms with E-state index in [1.807, 2.05) is 49.4 Å². The van der Waals surface area contributed by atoms with Crippen molar-refractivity contribution in [1.82, 2.24) is 10.2 Å². The third-order valence-corrected chi connectivity index (χ3v) is 6.66. The molecule has 4 rings (SSSR count). The summed E-state index contributed by atoms with van der Waals surface area (Å²) in [4.78, 5) is 29.1. The molecule has 1 fully saturated rings. The zero-order chi connectivity index (χ0) is 24.6. The number of carbonyl (C=O) groups excluding carboxylic acids is 2. The highest BCUT2D eigenvalue weighted by Crippen LogP contribution is 2.27. The summed E-state index contributed by atoms with van der Waals surface area (Å²) in [6.45, 7) is 2.42. The van der Waals surface area contributed by atoms with Gasteiger partial charge in [-0.25, -0.2) is 0 Å². The summed E-state index contributed by atoms with van der Waals surface area (Å²) in [5, 5.41) is 3.24. The maximum Gasteiger partial charge on any atom is 0.290 e. The van der Waals surface area contributed by atoms with Gasteiger partial charge in [0.2, 0.25) is 5.91 Å². The van der Waals surface area contributed by atoms with Crippen molar-refractivity contribution < 1.29 is 18.7 Å². The van der Waals surface area contributed by atoms with E-state index in [9.17, 15) is 9.59 Å². The number of ether oxygens (including phenoxy) is 1. The van der Waals surface area contributed by atoms with Gasteiger partial charge in [-0.15, -0.1) is 0 Å². The van der Waals surface area contributed by atoms with Crippen LogP contribution < -0.4 is 10.1 Å². The second-order valence-electron chi connectivity index (χ2n) is 9.23. The maximum absolute atomic E-state index is 13.8. The van der Waals surface area contributed by atoms with E-state index in [1.165, 1.54) is 12.7 Å². The Bertz CT molecular complexity index is 1100. The Kier molecular flexibility index (Phi) is 8.24. The first-order valence-corrected chi connectivity index (χ1v) is 12.4. The third-order valence-electron chi connectivity index (χ3n) is 6.66. The predicted octanol–water partition coefficient (Wildman–Crippen LogP) is 5.47. The largest absolute Gasteiger partial charge is 0.497 e. The second-order valence-corrected chi connectivity index (χ2v) is 9.23. The van der Waals surface area contributed by atoms with Crippen molar-refractivity contribution in [1.29, 1.82) is 0 Å². The molecule has 3 aromatic rings. The molecular weight excluding hydrogens is 440 g/mol. The van der Waals surface area contributed by atoms with Crippen LogP contribution in [0.1, 0.15) is 65.4 Å². The van der Waals surface area contributed by atoms with E-state index in [4.69, 9.17) is 9.15 Å². The van der Waals surface area contributed by atoms with E-state index in [0.717, 1.165) is 42.4 Å². The zero-order valence-electron chi connectivity index (χ0n) is 20.5. The molecule has 0 aliphatic heterocycles. The van der Waals surface area contributed by atoms with Gasteiger partial charge in [-0.05, 0) is 61.6 Å². The highest BCUT2D eigenvalue weighted by Gasteiger charge is 2.34. The van der Waals surface area contributed by atoms with E-state index in [0.29, 0.717) is 18.7 Å². The van der Waals surface area contributed by atoms with Crippen LogP contribution in [0.4, 0.5) is 0 Å². The lowest BCUT2D eigenvalue weighted by molar-refractivity contribution is -0.126. The molecule has 0 spiro atoms. The summed E-state index contributed by atoms with van der Waals surface area (Å²) in [5.74, 6) is 0.454. The van der Waals surface area contributed by atoms with Gasteiger partial charge >= 0.3 is 0 Å². The average molecular weight is 475 g/mol. The number of amides is 2. The van der Waals surface area contributed by atoms with Gasteiger partial charge in [0.15, 0.2) is 5.76 Å². The summed E-state index contributed by atoms with van der Waals surface area (Å²) >= 11 is 0. The van der Waals surface area contributed by atoms with Gasteiger partial charge in [0, 0.05) is 12.6 Å². The Hall–Kier alpha value is -3.54. The summed E-state index contributed by atoms with van der Waals surface area (Å²) in [6.07, 6.45) is 7.47. The number of furan rings is 1. The highest BCUT2D eigenvalue weighted by atomic mass is 16.5. The number of aryl methyl sites for hydroxylation is 1. The number of hydrogen-bond donors (Lipinski definition) is 1. The Morgan fingerprint density at radius 3 is 2.49 bits per heavy atom. The van der Waals surface area contributed by atoms with Gasteiger partial charge in [0.05, 0.1) is 13.4 Å². The number of nitrogens with one attached hydrogen (secondary N) is 1. The molecule has 1 atom stereocenters. The van der Waals surface area contributed by atoms with E-state index in [2.05, 4.69) is 11.4 Å². The molecule has 1 aliphatic carbocycles. The number of nitrogens with zero attached hydrogens (tertiary/aromatic N) is 1. The Morgan fingerprint density at radius 1 is 1.06 bits per heavy atom. The van der Waals surface area contributed by atoms with E-state index >= 15 is 0 Å². The lowest BCUT2D eigenvalue weighted by Crippen LogP contribution is -2.47. The SMILES string of the molecule is COc1ccc(C(C(=O)NC2CCCCC2)N(CCc2cccc(C)c2)C(=O)c2ccco2)cc1. The van der Waals surface area contributed by atoms with Gasteiger partial charge in [-0.3, -0.25) is 9.59 Å². The van der Waals surface area contributed by atoms with Gasteiger partial charge < -0.3 is 19.4 Å². The molecule has 1 unspecified atom stereocenters. The highest BCUT2D eigenvalue weighted by molar-refractivity contribution is 5.96. The van der Waals surface area contributed by atoms with Crippen molar-refractivity contribution in [3.8, 4) is 5.75 Å². The molecular formula is C29H34N2O4. The molecule has 1 aliphatic rings. The molecule has 1 heterocycles. The smallest absolute Gasteiger partial charge is 0.290 e. The van der Waals surface area contributed by atoms with Crippen LogP contribution in [0, 0.1) is 6.92 Å². The Balaban J connectivity index is 1.67. The molecule has 6 nitrogen and oxygen atoms in total. The van der Waals surface area contributed by atoms with Gasteiger partial charge in [0.25, 0.3) is 5.91 Å². The topological polar surface area (TPSA) is 71.8 Å². The molecule has 2 aromatic carbocycles. The first-order valence-electron chi connectivity index (χ1n) is 12.4. The molecule has 1 N–H and O–H groups in total. The molecule has 1 saturated carbocycles. The van der Waals surface area contributed by atoms with Gasteiger partial charge in [-0.2, -0.15) is 0 Å². The first-order chi connectivity index (χ1) is 17.0. The minimum absolute atomic E-state index is 0.134. The monoisotopic (exact) mass is 474 g/mol. The van der Waals surface area contributed by atoms with Crippen LogP contribution in [-0.2, 0) is 11.2 Å². The standard InChI is InChI=1S/C29H34N2O4/c1-21-8-6-9-22(20-21)17-18-31(29(33)26-12-7-19-35-26)27(23-13-15-25(34-2)16-14-23)28(32)30-24-10-4-3-5-11-24/h6-9,12-16,19-20,24,27H,3-5,10-11,17-18H2,1-2H3,(H,30,32). The fourth-order valence-electron chi connectivity index (χ4n) is 4.79. The van der Waals surface area contributed by atoms with E-state index in [-0.39, 0.29) is 23.6 Å². The normalized spacial score (nSPS) is 14.8.